The van der Waals surface area contributed by atoms with Gasteiger partial charge in [0, 0.05) is 16.0 Å². The van der Waals surface area contributed by atoms with Crippen LogP contribution in [0.15, 0.2) is 24.4 Å². The van der Waals surface area contributed by atoms with Crippen molar-refractivity contribution in [1.29, 1.82) is 0 Å². The van der Waals surface area contributed by atoms with E-state index in [1.54, 1.807) is 0 Å². The molecule has 0 aliphatic heterocycles. The van der Waals surface area contributed by atoms with Gasteiger partial charge in [-0.2, -0.15) is 0 Å². The van der Waals surface area contributed by atoms with E-state index in [-0.39, 0.29) is 6.04 Å². The van der Waals surface area contributed by atoms with Gasteiger partial charge in [0.25, 0.3) is 0 Å². The Morgan fingerprint density at radius 3 is 2.61 bits per heavy atom. The summed E-state index contributed by atoms with van der Waals surface area (Å²) in [4.78, 5) is 7.31. The third-order valence-corrected chi connectivity index (χ3v) is 4.05. The average Bonchev–Trinajstić information content (AvgIpc) is 2.73. The average molecular weight is 260 g/mol. The fourth-order valence-corrected chi connectivity index (χ4v) is 3.13. The molecule has 18 heavy (non-hydrogen) atoms. The molecular formula is C15H20N2S. The molecule has 1 unspecified atom stereocenters. The van der Waals surface area contributed by atoms with Crippen LogP contribution in [-0.2, 0) is 0 Å². The van der Waals surface area contributed by atoms with Crippen molar-refractivity contribution in [2.24, 2.45) is 0 Å². The van der Waals surface area contributed by atoms with E-state index in [1.165, 1.54) is 20.9 Å². The molecule has 3 heteroatoms. The lowest BCUT2D eigenvalue weighted by atomic mass is 10.1. The monoisotopic (exact) mass is 260 g/mol. The number of hydrogen-bond acceptors (Lipinski definition) is 3. The fraction of sp³-hybridized carbons (Fsp3) is 0.400. The van der Waals surface area contributed by atoms with E-state index in [1.807, 2.05) is 17.5 Å². The first-order valence-corrected chi connectivity index (χ1v) is 7.16. The number of aryl methyl sites for hydroxylation is 3. The molecule has 1 atom stereocenters. The smallest absolute Gasteiger partial charge is 0.0847 e. The van der Waals surface area contributed by atoms with Gasteiger partial charge in [0.2, 0.25) is 0 Å². The summed E-state index contributed by atoms with van der Waals surface area (Å²) >= 11 is 1.84. The number of rotatable bonds is 4. The van der Waals surface area contributed by atoms with Crippen molar-refractivity contribution >= 4 is 11.3 Å². The first kappa shape index (κ1) is 13.2. The predicted octanol–water partition coefficient (Wildman–Crippen LogP) is 3.77. The number of hydrogen-bond donors (Lipinski definition) is 1. The maximum atomic E-state index is 4.63. The quantitative estimate of drug-likeness (QED) is 0.905. The zero-order chi connectivity index (χ0) is 13.1. The lowest BCUT2D eigenvalue weighted by Crippen LogP contribution is -2.23. The number of aromatic nitrogens is 1. The molecule has 0 aliphatic carbocycles. The fourth-order valence-electron chi connectivity index (χ4n) is 2.17. The first-order valence-electron chi connectivity index (χ1n) is 6.34. The van der Waals surface area contributed by atoms with Crippen LogP contribution in [-0.4, -0.2) is 11.5 Å². The number of pyridine rings is 1. The Morgan fingerprint density at radius 2 is 2.06 bits per heavy atom. The van der Waals surface area contributed by atoms with Crippen molar-refractivity contribution in [2.75, 3.05) is 6.54 Å². The summed E-state index contributed by atoms with van der Waals surface area (Å²) in [5.41, 5.74) is 3.62. The Labute approximate surface area is 113 Å². The molecule has 2 aromatic heterocycles. The van der Waals surface area contributed by atoms with Crippen LogP contribution in [0.25, 0.3) is 0 Å². The molecule has 2 aromatic rings. The van der Waals surface area contributed by atoms with Gasteiger partial charge in [-0.05, 0) is 50.6 Å². The zero-order valence-electron chi connectivity index (χ0n) is 11.4. The summed E-state index contributed by atoms with van der Waals surface area (Å²) in [5.74, 6) is 0. The first-order chi connectivity index (χ1) is 8.61. The van der Waals surface area contributed by atoms with E-state index < -0.39 is 0 Å². The van der Waals surface area contributed by atoms with Gasteiger partial charge in [-0.3, -0.25) is 4.98 Å². The number of thiophene rings is 1. The van der Waals surface area contributed by atoms with Gasteiger partial charge in [0.05, 0.1) is 11.7 Å². The van der Waals surface area contributed by atoms with E-state index in [4.69, 9.17) is 0 Å². The van der Waals surface area contributed by atoms with Crippen molar-refractivity contribution in [2.45, 2.75) is 33.7 Å². The van der Waals surface area contributed by atoms with Crippen molar-refractivity contribution < 1.29 is 0 Å². The summed E-state index contributed by atoms with van der Waals surface area (Å²) in [6.45, 7) is 9.45. The topological polar surface area (TPSA) is 24.9 Å². The van der Waals surface area contributed by atoms with Gasteiger partial charge in [-0.1, -0.05) is 13.0 Å². The molecule has 0 aliphatic rings. The van der Waals surface area contributed by atoms with Crippen LogP contribution in [0.4, 0.5) is 0 Å². The van der Waals surface area contributed by atoms with Gasteiger partial charge in [0.15, 0.2) is 0 Å². The summed E-state index contributed by atoms with van der Waals surface area (Å²) in [6, 6.07) is 6.80. The van der Waals surface area contributed by atoms with Gasteiger partial charge in [0.1, 0.15) is 0 Å². The maximum absolute atomic E-state index is 4.63. The molecule has 0 bridgehead atoms. The standard InChI is InChI=1S/C15H20N2S/c1-5-16-15(13-7-6-12(4)18-13)14-11(3)8-10(2)9-17-14/h6-9,15-16H,5H2,1-4H3. The summed E-state index contributed by atoms with van der Waals surface area (Å²) in [7, 11) is 0. The van der Waals surface area contributed by atoms with Crippen LogP contribution < -0.4 is 5.32 Å². The highest BCUT2D eigenvalue weighted by atomic mass is 32.1. The summed E-state index contributed by atoms with van der Waals surface area (Å²) in [6.07, 6.45) is 1.95. The molecular weight excluding hydrogens is 240 g/mol. The largest absolute Gasteiger partial charge is 0.305 e. The molecule has 0 saturated heterocycles. The third-order valence-electron chi connectivity index (χ3n) is 2.98. The van der Waals surface area contributed by atoms with E-state index >= 15 is 0 Å². The minimum atomic E-state index is 0.217. The van der Waals surface area contributed by atoms with Crippen molar-refractivity contribution in [3.63, 3.8) is 0 Å². The SMILES string of the molecule is CCNC(c1ccc(C)s1)c1ncc(C)cc1C. The molecule has 1 N–H and O–H groups in total. The van der Waals surface area contributed by atoms with Gasteiger partial charge in [-0.25, -0.2) is 0 Å². The molecule has 0 fully saturated rings. The molecule has 0 radical (unpaired) electrons. The lowest BCUT2D eigenvalue weighted by Gasteiger charge is -2.18. The highest BCUT2D eigenvalue weighted by Gasteiger charge is 2.18. The normalized spacial score (nSPS) is 12.7. The van der Waals surface area contributed by atoms with E-state index in [0.717, 1.165) is 12.2 Å². The number of nitrogens with zero attached hydrogens (tertiary/aromatic N) is 1. The highest BCUT2D eigenvalue weighted by Crippen LogP contribution is 2.29. The Hall–Kier alpha value is -1.19. The molecule has 96 valence electrons. The van der Waals surface area contributed by atoms with Crippen molar-refractivity contribution in [1.82, 2.24) is 10.3 Å². The molecule has 2 heterocycles. The second-order valence-corrected chi connectivity index (χ2v) is 5.97. The number of nitrogens with one attached hydrogen (secondary N) is 1. The summed E-state index contributed by atoms with van der Waals surface area (Å²) in [5, 5.41) is 3.54. The molecule has 0 aromatic carbocycles. The summed E-state index contributed by atoms with van der Waals surface area (Å²) < 4.78 is 0. The van der Waals surface area contributed by atoms with E-state index in [2.05, 4.69) is 56.2 Å². The van der Waals surface area contributed by atoms with Crippen LogP contribution in [0, 0.1) is 20.8 Å². The molecule has 0 saturated carbocycles. The second kappa shape index (κ2) is 5.63. The minimum absolute atomic E-state index is 0.217. The zero-order valence-corrected chi connectivity index (χ0v) is 12.3. The van der Waals surface area contributed by atoms with Crippen molar-refractivity contribution in [3.8, 4) is 0 Å². The lowest BCUT2D eigenvalue weighted by molar-refractivity contribution is 0.620. The minimum Gasteiger partial charge on any atom is -0.305 e. The van der Waals surface area contributed by atoms with E-state index in [0.29, 0.717) is 0 Å². The third kappa shape index (κ3) is 2.79. The van der Waals surface area contributed by atoms with Crippen LogP contribution >= 0.6 is 11.3 Å². The predicted molar refractivity (Wildman–Crippen MR) is 78.3 cm³/mol. The van der Waals surface area contributed by atoms with Gasteiger partial charge >= 0.3 is 0 Å². The molecule has 0 amide bonds. The Balaban J connectivity index is 2.41. The van der Waals surface area contributed by atoms with Crippen LogP contribution in [0.3, 0.4) is 0 Å². The van der Waals surface area contributed by atoms with E-state index in [9.17, 15) is 0 Å². The second-order valence-electron chi connectivity index (χ2n) is 4.65. The van der Waals surface area contributed by atoms with Crippen LogP contribution in [0.1, 0.15) is 39.5 Å². The van der Waals surface area contributed by atoms with Gasteiger partial charge < -0.3 is 5.32 Å². The van der Waals surface area contributed by atoms with Crippen molar-refractivity contribution in [3.05, 3.63) is 51.0 Å². The van der Waals surface area contributed by atoms with Crippen LogP contribution in [0.5, 0.6) is 0 Å². The Bertz CT molecular complexity index is 531. The highest BCUT2D eigenvalue weighted by molar-refractivity contribution is 7.12. The maximum Gasteiger partial charge on any atom is 0.0847 e. The Morgan fingerprint density at radius 1 is 1.28 bits per heavy atom. The molecule has 0 spiro atoms. The van der Waals surface area contributed by atoms with Crippen LogP contribution in [0.2, 0.25) is 0 Å². The molecule has 2 rings (SSSR count). The Kier molecular flexibility index (Phi) is 4.15. The van der Waals surface area contributed by atoms with Gasteiger partial charge in [-0.15, -0.1) is 11.3 Å². The molecule has 2 nitrogen and oxygen atoms in total.